The summed E-state index contributed by atoms with van der Waals surface area (Å²) in [5.74, 6) is -0.552. The molecular weight excluding hydrogens is 272 g/mol. The lowest BCUT2D eigenvalue weighted by molar-refractivity contribution is -0.148. The number of carbonyl (C=O) groups excluding carboxylic acids is 2. The van der Waals surface area contributed by atoms with Crippen LogP contribution in [0.3, 0.4) is 0 Å². The number of hydrogen-bond donors (Lipinski definition) is 3. The smallest absolute Gasteiger partial charge is 0.328 e. The van der Waals surface area contributed by atoms with E-state index in [1.54, 1.807) is 24.3 Å². The predicted molar refractivity (Wildman–Crippen MR) is 79.3 cm³/mol. The van der Waals surface area contributed by atoms with Gasteiger partial charge in [-0.25, -0.2) is 4.79 Å². The second-order valence-electron chi connectivity index (χ2n) is 4.74. The highest BCUT2D eigenvalue weighted by molar-refractivity contribution is 5.78. The summed E-state index contributed by atoms with van der Waals surface area (Å²) >= 11 is 0. The van der Waals surface area contributed by atoms with Crippen molar-refractivity contribution < 1.29 is 19.4 Å². The zero-order valence-corrected chi connectivity index (χ0v) is 12.1. The topological polar surface area (TPSA) is 102 Å². The van der Waals surface area contributed by atoms with Gasteiger partial charge in [-0.3, -0.25) is 4.79 Å². The van der Waals surface area contributed by atoms with Crippen LogP contribution in [0.4, 0.5) is 5.69 Å². The van der Waals surface area contributed by atoms with Crippen LogP contribution in [0.5, 0.6) is 0 Å². The van der Waals surface area contributed by atoms with Crippen molar-refractivity contribution in [1.29, 1.82) is 0 Å². The third kappa shape index (κ3) is 5.43. The Bertz CT molecular complexity index is 465. The fourth-order valence-electron chi connectivity index (χ4n) is 1.90. The number of hydrogen-bond acceptors (Lipinski definition) is 5. The Morgan fingerprint density at radius 1 is 1.48 bits per heavy atom. The minimum atomic E-state index is -0.956. The van der Waals surface area contributed by atoms with Crippen LogP contribution >= 0.6 is 0 Å². The average Bonchev–Trinajstić information content (AvgIpc) is 2.47. The zero-order valence-electron chi connectivity index (χ0n) is 12.1. The first-order valence-corrected chi connectivity index (χ1v) is 6.99. The van der Waals surface area contributed by atoms with E-state index >= 15 is 0 Å². The molecule has 0 saturated carbocycles. The molecule has 0 bridgehead atoms. The lowest BCUT2D eigenvalue weighted by atomic mass is 10.0. The molecule has 116 valence electrons. The molecule has 0 saturated heterocycles. The van der Waals surface area contributed by atoms with Crippen LogP contribution in [0.25, 0.3) is 0 Å². The van der Waals surface area contributed by atoms with E-state index in [1.807, 2.05) is 6.92 Å². The fraction of sp³-hybridized carbons (Fsp3) is 0.467. The number of benzene rings is 1. The molecular formula is C15H22N2O4. The summed E-state index contributed by atoms with van der Waals surface area (Å²) < 4.78 is 5.06. The Morgan fingerprint density at radius 3 is 2.81 bits per heavy atom. The molecule has 0 fully saturated rings. The SMILES string of the molecule is CCCCOC(=O)C(CC(O)c1ccccc1N)NC=O. The summed E-state index contributed by atoms with van der Waals surface area (Å²) in [5, 5.41) is 12.5. The highest BCUT2D eigenvalue weighted by Crippen LogP contribution is 2.24. The van der Waals surface area contributed by atoms with Crippen LogP contribution in [0.2, 0.25) is 0 Å². The highest BCUT2D eigenvalue weighted by atomic mass is 16.5. The number of aliphatic hydroxyl groups is 1. The van der Waals surface area contributed by atoms with Crippen molar-refractivity contribution in [3.05, 3.63) is 29.8 Å². The number of anilines is 1. The predicted octanol–water partition coefficient (Wildman–Crippen LogP) is 1.15. The zero-order chi connectivity index (χ0) is 15.7. The molecule has 6 nitrogen and oxygen atoms in total. The van der Waals surface area contributed by atoms with E-state index in [1.165, 1.54) is 0 Å². The molecule has 0 heterocycles. The molecule has 0 aliphatic heterocycles. The van der Waals surface area contributed by atoms with Crippen molar-refractivity contribution in [2.45, 2.75) is 38.3 Å². The van der Waals surface area contributed by atoms with Crippen LogP contribution < -0.4 is 11.1 Å². The number of nitrogen functional groups attached to an aromatic ring is 1. The number of para-hydroxylation sites is 1. The van der Waals surface area contributed by atoms with Crippen LogP contribution in [0.1, 0.15) is 37.9 Å². The highest BCUT2D eigenvalue weighted by Gasteiger charge is 2.24. The second kappa shape index (κ2) is 8.97. The third-order valence-electron chi connectivity index (χ3n) is 3.11. The Kier molecular flexibility index (Phi) is 7.25. The quantitative estimate of drug-likeness (QED) is 0.274. The maximum Gasteiger partial charge on any atom is 0.328 e. The molecule has 1 aromatic rings. The summed E-state index contributed by atoms with van der Waals surface area (Å²) in [6.45, 7) is 2.28. The first kappa shape index (κ1) is 17.0. The van der Waals surface area contributed by atoms with Gasteiger partial charge in [0.1, 0.15) is 6.04 Å². The summed E-state index contributed by atoms with van der Waals surface area (Å²) in [6.07, 6.45) is 1.14. The number of ether oxygens (including phenoxy) is 1. The van der Waals surface area contributed by atoms with Crippen LogP contribution in [0, 0.1) is 0 Å². The maximum atomic E-state index is 11.9. The van der Waals surface area contributed by atoms with Gasteiger partial charge in [-0.2, -0.15) is 0 Å². The van der Waals surface area contributed by atoms with E-state index in [9.17, 15) is 14.7 Å². The van der Waals surface area contributed by atoms with E-state index < -0.39 is 18.1 Å². The molecule has 2 unspecified atom stereocenters. The van der Waals surface area contributed by atoms with Gasteiger partial charge < -0.3 is 20.9 Å². The maximum absolute atomic E-state index is 11.9. The van der Waals surface area contributed by atoms with Gasteiger partial charge in [0.05, 0.1) is 12.7 Å². The monoisotopic (exact) mass is 294 g/mol. The van der Waals surface area contributed by atoms with E-state index in [2.05, 4.69) is 5.32 Å². The van der Waals surface area contributed by atoms with Gasteiger partial charge in [-0.05, 0) is 12.5 Å². The molecule has 0 aromatic heterocycles. The molecule has 4 N–H and O–H groups in total. The van der Waals surface area contributed by atoms with Gasteiger partial charge in [0, 0.05) is 17.7 Å². The second-order valence-corrected chi connectivity index (χ2v) is 4.74. The number of nitrogens with two attached hydrogens (primary N) is 1. The molecule has 1 rings (SSSR count). The van der Waals surface area contributed by atoms with E-state index in [0.29, 0.717) is 24.3 Å². The van der Waals surface area contributed by atoms with Crippen molar-refractivity contribution in [3.63, 3.8) is 0 Å². The molecule has 1 amide bonds. The number of esters is 1. The van der Waals surface area contributed by atoms with Gasteiger partial charge in [0.2, 0.25) is 6.41 Å². The van der Waals surface area contributed by atoms with Gasteiger partial charge in [-0.15, -0.1) is 0 Å². The van der Waals surface area contributed by atoms with Crippen molar-refractivity contribution >= 4 is 18.1 Å². The molecule has 0 aliphatic carbocycles. The molecule has 0 aliphatic rings. The standard InChI is InChI=1S/C15H22N2O4/c1-2-3-8-21-15(20)13(17-10-18)9-14(19)11-6-4-5-7-12(11)16/h4-7,10,13-14,19H,2-3,8-9,16H2,1H3,(H,17,18). The fourth-order valence-corrected chi connectivity index (χ4v) is 1.90. The number of aliphatic hydroxyl groups excluding tert-OH is 1. The summed E-state index contributed by atoms with van der Waals surface area (Å²) in [7, 11) is 0. The normalized spacial score (nSPS) is 13.2. The Hall–Kier alpha value is -2.08. The summed E-state index contributed by atoms with van der Waals surface area (Å²) in [5.41, 5.74) is 6.74. The Balaban J connectivity index is 2.67. The average molecular weight is 294 g/mol. The van der Waals surface area contributed by atoms with E-state index in [0.717, 1.165) is 12.8 Å². The van der Waals surface area contributed by atoms with Gasteiger partial charge in [0.15, 0.2) is 0 Å². The Morgan fingerprint density at radius 2 is 2.19 bits per heavy atom. The lowest BCUT2D eigenvalue weighted by Gasteiger charge is -2.19. The molecule has 0 radical (unpaired) electrons. The van der Waals surface area contributed by atoms with Gasteiger partial charge in [0.25, 0.3) is 0 Å². The van der Waals surface area contributed by atoms with Crippen molar-refractivity contribution in [2.75, 3.05) is 12.3 Å². The largest absolute Gasteiger partial charge is 0.464 e. The molecule has 6 heteroatoms. The van der Waals surface area contributed by atoms with Crippen molar-refractivity contribution in [3.8, 4) is 0 Å². The van der Waals surface area contributed by atoms with Crippen molar-refractivity contribution in [1.82, 2.24) is 5.32 Å². The van der Waals surface area contributed by atoms with E-state index in [4.69, 9.17) is 10.5 Å². The Labute approximate surface area is 124 Å². The summed E-state index contributed by atoms with van der Waals surface area (Å²) in [6, 6.07) is 5.96. The summed E-state index contributed by atoms with van der Waals surface area (Å²) in [4.78, 5) is 22.5. The van der Waals surface area contributed by atoms with Crippen LogP contribution in [-0.2, 0) is 14.3 Å². The lowest BCUT2D eigenvalue weighted by Crippen LogP contribution is -2.38. The van der Waals surface area contributed by atoms with Gasteiger partial charge in [-0.1, -0.05) is 31.5 Å². The molecule has 0 spiro atoms. The number of carbonyl (C=O) groups is 2. The number of nitrogens with one attached hydrogen (secondary N) is 1. The number of amides is 1. The van der Waals surface area contributed by atoms with Crippen LogP contribution in [-0.4, -0.2) is 30.1 Å². The van der Waals surface area contributed by atoms with E-state index in [-0.39, 0.29) is 6.42 Å². The molecule has 21 heavy (non-hydrogen) atoms. The molecule has 1 aromatic carbocycles. The first-order chi connectivity index (χ1) is 10.1. The first-order valence-electron chi connectivity index (χ1n) is 6.99. The molecule has 2 atom stereocenters. The minimum absolute atomic E-state index is 0.0118. The minimum Gasteiger partial charge on any atom is -0.464 e. The number of rotatable bonds is 9. The number of unbranched alkanes of at least 4 members (excludes halogenated alkanes) is 1. The van der Waals surface area contributed by atoms with Crippen molar-refractivity contribution in [2.24, 2.45) is 0 Å². The third-order valence-corrected chi connectivity index (χ3v) is 3.11. The van der Waals surface area contributed by atoms with Gasteiger partial charge >= 0.3 is 5.97 Å². The van der Waals surface area contributed by atoms with Crippen LogP contribution in [0.15, 0.2) is 24.3 Å².